The Bertz CT molecular complexity index is 556. The number of nitrogens with zero attached hydrogens (tertiary/aromatic N) is 2. The van der Waals surface area contributed by atoms with E-state index in [-0.39, 0.29) is 23.2 Å². The van der Waals surface area contributed by atoms with Crippen LogP contribution in [-0.2, 0) is 6.54 Å². The number of hydrogen-bond donors (Lipinski definition) is 2. The monoisotopic (exact) mass is 246 g/mol. The molecule has 0 bridgehead atoms. The Morgan fingerprint density at radius 3 is 2.67 bits per heavy atom. The highest BCUT2D eigenvalue weighted by Gasteiger charge is 2.07. The van der Waals surface area contributed by atoms with E-state index in [4.69, 9.17) is 5.73 Å². The molecule has 0 aliphatic rings. The number of carbonyl (C=O) groups excluding carboxylic acids is 1. The van der Waals surface area contributed by atoms with Gasteiger partial charge in [0.1, 0.15) is 23.7 Å². The van der Waals surface area contributed by atoms with Gasteiger partial charge in [0.25, 0.3) is 5.91 Å². The lowest BCUT2D eigenvalue weighted by molar-refractivity contribution is 0.0946. The Hall–Kier alpha value is -2.50. The highest BCUT2D eigenvalue weighted by Crippen LogP contribution is 2.03. The van der Waals surface area contributed by atoms with Gasteiger partial charge in [0.05, 0.1) is 0 Å². The Kier molecular flexibility index (Phi) is 3.47. The van der Waals surface area contributed by atoms with Crippen LogP contribution in [0.25, 0.3) is 0 Å². The molecule has 0 atom stereocenters. The standard InChI is InChI=1S/C12H11FN4O/c13-9-3-1-8(2-4-9)6-15-12(18)10-5-11(14)17-7-16-10/h1-5,7H,6H2,(H,15,18)(H2,14,16,17). The summed E-state index contributed by atoms with van der Waals surface area (Å²) in [7, 11) is 0. The van der Waals surface area contributed by atoms with Crippen molar-refractivity contribution < 1.29 is 9.18 Å². The number of halogens is 1. The molecular formula is C12H11FN4O. The van der Waals surface area contributed by atoms with Crippen LogP contribution in [0.1, 0.15) is 16.1 Å². The number of nitrogen functional groups attached to an aromatic ring is 1. The molecule has 0 fully saturated rings. The summed E-state index contributed by atoms with van der Waals surface area (Å²) in [5, 5.41) is 2.65. The van der Waals surface area contributed by atoms with Crippen LogP contribution in [0, 0.1) is 5.82 Å². The molecule has 2 rings (SSSR count). The molecule has 1 heterocycles. The maximum absolute atomic E-state index is 12.7. The second kappa shape index (κ2) is 5.22. The summed E-state index contributed by atoms with van der Waals surface area (Å²) in [5.74, 6) is -0.431. The van der Waals surface area contributed by atoms with Crippen molar-refractivity contribution in [3.63, 3.8) is 0 Å². The van der Waals surface area contributed by atoms with Crippen LogP contribution in [0.2, 0.25) is 0 Å². The summed E-state index contributed by atoms with van der Waals surface area (Å²) in [6.07, 6.45) is 1.22. The zero-order valence-corrected chi connectivity index (χ0v) is 9.43. The van der Waals surface area contributed by atoms with E-state index in [9.17, 15) is 9.18 Å². The van der Waals surface area contributed by atoms with Crippen molar-refractivity contribution in [2.45, 2.75) is 6.54 Å². The van der Waals surface area contributed by atoms with Crippen molar-refractivity contribution >= 4 is 11.7 Å². The Morgan fingerprint density at radius 2 is 2.00 bits per heavy atom. The molecule has 92 valence electrons. The first-order valence-electron chi connectivity index (χ1n) is 5.25. The van der Waals surface area contributed by atoms with Gasteiger partial charge in [-0.2, -0.15) is 0 Å². The van der Waals surface area contributed by atoms with Gasteiger partial charge < -0.3 is 11.1 Å². The van der Waals surface area contributed by atoms with Gasteiger partial charge in [-0.3, -0.25) is 4.79 Å². The molecule has 18 heavy (non-hydrogen) atoms. The molecule has 0 aliphatic carbocycles. The van der Waals surface area contributed by atoms with E-state index in [0.29, 0.717) is 6.54 Å². The molecule has 6 heteroatoms. The average molecular weight is 246 g/mol. The van der Waals surface area contributed by atoms with Crippen molar-refractivity contribution in [2.75, 3.05) is 5.73 Å². The molecule has 0 radical (unpaired) electrons. The lowest BCUT2D eigenvalue weighted by atomic mass is 10.2. The van der Waals surface area contributed by atoms with Gasteiger partial charge in [-0.25, -0.2) is 14.4 Å². The van der Waals surface area contributed by atoms with E-state index in [1.54, 1.807) is 12.1 Å². The maximum atomic E-state index is 12.7. The molecule has 0 unspecified atom stereocenters. The second-order valence-electron chi connectivity index (χ2n) is 3.64. The Morgan fingerprint density at radius 1 is 1.28 bits per heavy atom. The molecule has 0 spiro atoms. The number of rotatable bonds is 3. The molecule has 5 nitrogen and oxygen atoms in total. The third-order valence-corrected chi connectivity index (χ3v) is 2.29. The smallest absolute Gasteiger partial charge is 0.270 e. The fourth-order valence-corrected chi connectivity index (χ4v) is 1.37. The zero-order valence-electron chi connectivity index (χ0n) is 9.43. The van der Waals surface area contributed by atoms with E-state index in [1.165, 1.54) is 24.5 Å². The molecule has 3 N–H and O–H groups in total. The molecule has 1 aromatic heterocycles. The van der Waals surface area contributed by atoms with E-state index in [0.717, 1.165) is 5.56 Å². The average Bonchev–Trinajstić information content (AvgIpc) is 2.38. The summed E-state index contributed by atoms with van der Waals surface area (Å²) in [6.45, 7) is 0.295. The number of aromatic nitrogens is 2. The van der Waals surface area contributed by atoms with E-state index in [2.05, 4.69) is 15.3 Å². The van der Waals surface area contributed by atoms with Crippen molar-refractivity contribution in [2.24, 2.45) is 0 Å². The Labute approximate surface area is 103 Å². The third-order valence-electron chi connectivity index (χ3n) is 2.29. The van der Waals surface area contributed by atoms with Gasteiger partial charge in [0.2, 0.25) is 0 Å². The van der Waals surface area contributed by atoms with Gasteiger partial charge in [0, 0.05) is 12.6 Å². The first-order chi connectivity index (χ1) is 8.65. The SMILES string of the molecule is Nc1cc(C(=O)NCc2ccc(F)cc2)ncn1. The summed E-state index contributed by atoms with van der Waals surface area (Å²) in [5.41, 5.74) is 6.44. The normalized spacial score (nSPS) is 10.1. The van der Waals surface area contributed by atoms with Crippen LogP contribution >= 0.6 is 0 Å². The van der Waals surface area contributed by atoms with E-state index >= 15 is 0 Å². The number of anilines is 1. The van der Waals surface area contributed by atoms with E-state index in [1.807, 2.05) is 0 Å². The molecular weight excluding hydrogens is 235 g/mol. The molecule has 1 amide bonds. The highest BCUT2D eigenvalue weighted by molar-refractivity contribution is 5.92. The topological polar surface area (TPSA) is 80.9 Å². The Balaban J connectivity index is 1.98. The zero-order chi connectivity index (χ0) is 13.0. The van der Waals surface area contributed by atoms with Crippen LogP contribution in [-0.4, -0.2) is 15.9 Å². The quantitative estimate of drug-likeness (QED) is 0.850. The van der Waals surface area contributed by atoms with Crippen LogP contribution in [0.5, 0.6) is 0 Å². The van der Waals surface area contributed by atoms with Crippen LogP contribution in [0.15, 0.2) is 36.7 Å². The third kappa shape index (κ3) is 3.00. The van der Waals surface area contributed by atoms with Crippen molar-refractivity contribution in [1.29, 1.82) is 0 Å². The summed E-state index contributed by atoms with van der Waals surface area (Å²) < 4.78 is 12.7. The molecule has 0 saturated heterocycles. The lowest BCUT2D eigenvalue weighted by Gasteiger charge is -2.04. The molecule has 0 aliphatic heterocycles. The van der Waals surface area contributed by atoms with Crippen molar-refractivity contribution in [1.82, 2.24) is 15.3 Å². The van der Waals surface area contributed by atoms with Crippen LogP contribution in [0.3, 0.4) is 0 Å². The van der Waals surface area contributed by atoms with Crippen molar-refractivity contribution in [3.8, 4) is 0 Å². The molecule has 1 aromatic carbocycles. The van der Waals surface area contributed by atoms with Crippen LogP contribution in [0.4, 0.5) is 10.2 Å². The predicted molar refractivity (Wildman–Crippen MR) is 64.0 cm³/mol. The number of amides is 1. The summed E-state index contributed by atoms with van der Waals surface area (Å²) in [6, 6.07) is 7.27. The summed E-state index contributed by atoms with van der Waals surface area (Å²) in [4.78, 5) is 19.2. The van der Waals surface area contributed by atoms with Gasteiger partial charge in [-0.15, -0.1) is 0 Å². The number of hydrogen-bond acceptors (Lipinski definition) is 4. The number of nitrogens with one attached hydrogen (secondary N) is 1. The summed E-state index contributed by atoms with van der Waals surface area (Å²) >= 11 is 0. The molecule has 0 saturated carbocycles. The van der Waals surface area contributed by atoms with Gasteiger partial charge in [0.15, 0.2) is 0 Å². The first-order valence-corrected chi connectivity index (χ1v) is 5.25. The predicted octanol–water partition coefficient (Wildman–Crippen LogP) is 1.13. The van der Waals surface area contributed by atoms with Gasteiger partial charge >= 0.3 is 0 Å². The lowest BCUT2D eigenvalue weighted by Crippen LogP contribution is -2.24. The number of benzene rings is 1. The fourth-order valence-electron chi connectivity index (χ4n) is 1.37. The fraction of sp³-hybridized carbons (Fsp3) is 0.0833. The van der Waals surface area contributed by atoms with E-state index < -0.39 is 0 Å². The second-order valence-corrected chi connectivity index (χ2v) is 3.64. The minimum absolute atomic E-state index is 0.199. The maximum Gasteiger partial charge on any atom is 0.270 e. The van der Waals surface area contributed by atoms with Crippen LogP contribution < -0.4 is 11.1 Å². The largest absolute Gasteiger partial charge is 0.384 e. The molecule has 2 aromatic rings. The van der Waals surface area contributed by atoms with Gasteiger partial charge in [-0.1, -0.05) is 12.1 Å². The van der Waals surface area contributed by atoms with Crippen molar-refractivity contribution in [3.05, 3.63) is 53.7 Å². The minimum Gasteiger partial charge on any atom is -0.384 e. The number of nitrogens with two attached hydrogens (primary N) is 1. The first kappa shape index (κ1) is 12.0. The minimum atomic E-state index is -0.353. The highest BCUT2D eigenvalue weighted by atomic mass is 19.1. The van der Waals surface area contributed by atoms with Gasteiger partial charge in [-0.05, 0) is 17.7 Å². The number of carbonyl (C=O) groups is 1.